The van der Waals surface area contributed by atoms with E-state index in [9.17, 15) is 4.79 Å². The number of benzene rings is 1. The highest BCUT2D eigenvalue weighted by molar-refractivity contribution is 5.94. The Morgan fingerprint density at radius 1 is 1.16 bits per heavy atom. The summed E-state index contributed by atoms with van der Waals surface area (Å²) >= 11 is 0. The average Bonchev–Trinajstić information content (AvgIpc) is 3.10. The van der Waals surface area contributed by atoms with E-state index in [0.717, 1.165) is 31.3 Å². The van der Waals surface area contributed by atoms with Crippen LogP contribution in [0.4, 0.5) is 5.95 Å². The Labute approximate surface area is 149 Å². The van der Waals surface area contributed by atoms with E-state index < -0.39 is 0 Å². The van der Waals surface area contributed by atoms with Gasteiger partial charge in [0.1, 0.15) is 5.75 Å². The summed E-state index contributed by atoms with van der Waals surface area (Å²) in [5.74, 6) is 1.86. The van der Waals surface area contributed by atoms with Gasteiger partial charge < -0.3 is 19.1 Å². The first-order valence-electron chi connectivity index (χ1n) is 8.90. The molecule has 0 bridgehead atoms. The number of rotatable bonds is 5. The minimum absolute atomic E-state index is 0.0783. The fraction of sp³-hybridized carbons (Fsp3) is 0.474. The van der Waals surface area contributed by atoms with Crippen LogP contribution in [0.2, 0.25) is 0 Å². The molecular weight excluding hydrogens is 316 g/mol. The Kier molecular flexibility index (Phi) is 5.26. The third-order valence-corrected chi connectivity index (χ3v) is 4.36. The first kappa shape index (κ1) is 17.3. The molecular formula is C19H26N4O2. The van der Waals surface area contributed by atoms with E-state index in [-0.39, 0.29) is 12.0 Å². The van der Waals surface area contributed by atoms with Crippen LogP contribution in [0.3, 0.4) is 0 Å². The summed E-state index contributed by atoms with van der Waals surface area (Å²) in [6, 6.07) is 7.41. The number of hydrogen-bond donors (Lipinski definition) is 0. The van der Waals surface area contributed by atoms with Crippen LogP contribution in [-0.4, -0.2) is 52.6 Å². The maximum atomic E-state index is 12.7. The lowest BCUT2D eigenvalue weighted by molar-refractivity contribution is 0.0746. The van der Waals surface area contributed by atoms with Crippen LogP contribution in [0.15, 0.2) is 36.7 Å². The number of amides is 1. The molecule has 3 rings (SSSR count). The molecule has 0 N–H and O–H groups in total. The monoisotopic (exact) mass is 342 g/mol. The standard InChI is InChI=1S/C19H26N4O2/c1-4-21-10-9-20-19(21)23-13-11-22(12-14-23)18(24)16-5-7-17(8-6-16)25-15(2)3/h5-10,15H,4,11-14H2,1-3H3. The Morgan fingerprint density at radius 2 is 1.84 bits per heavy atom. The second-order valence-electron chi connectivity index (χ2n) is 6.48. The molecule has 2 aromatic rings. The number of piperazine rings is 1. The summed E-state index contributed by atoms with van der Waals surface area (Å²) in [5, 5.41) is 0. The smallest absolute Gasteiger partial charge is 0.253 e. The molecule has 0 atom stereocenters. The van der Waals surface area contributed by atoms with Crippen LogP contribution in [0.5, 0.6) is 5.75 Å². The molecule has 1 aliphatic rings. The van der Waals surface area contributed by atoms with Crippen LogP contribution in [0, 0.1) is 0 Å². The molecule has 0 unspecified atom stereocenters. The van der Waals surface area contributed by atoms with Gasteiger partial charge in [-0.1, -0.05) is 0 Å². The molecule has 1 fully saturated rings. The molecule has 0 spiro atoms. The fourth-order valence-corrected chi connectivity index (χ4v) is 3.07. The molecule has 1 aromatic carbocycles. The highest BCUT2D eigenvalue weighted by Crippen LogP contribution is 2.18. The third kappa shape index (κ3) is 3.95. The lowest BCUT2D eigenvalue weighted by Gasteiger charge is -2.35. The van der Waals surface area contributed by atoms with Crippen molar-refractivity contribution in [3.05, 3.63) is 42.2 Å². The van der Waals surface area contributed by atoms with Gasteiger partial charge in [-0.15, -0.1) is 0 Å². The van der Waals surface area contributed by atoms with E-state index >= 15 is 0 Å². The highest BCUT2D eigenvalue weighted by Gasteiger charge is 2.24. The van der Waals surface area contributed by atoms with Gasteiger partial charge in [0.05, 0.1) is 6.10 Å². The number of imidazole rings is 1. The van der Waals surface area contributed by atoms with Crippen LogP contribution < -0.4 is 9.64 Å². The van der Waals surface area contributed by atoms with Crippen LogP contribution in [0.25, 0.3) is 0 Å². The molecule has 1 amide bonds. The fourth-order valence-electron chi connectivity index (χ4n) is 3.07. The molecule has 0 saturated carbocycles. The third-order valence-electron chi connectivity index (χ3n) is 4.36. The highest BCUT2D eigenvalue weighted by atomic mass is 16.5. The molecule has 1 saturated heterocycles. The van der Waals surface area contributed by atoms with Gasteiger partial charge in [-0.25, -0.2) is 4.98 Å². The van der Waals surface area contributed by atoms with Gasteiger partial charge in [-0.2, -0.15) is 0 Å². The Balaban J connectivity index is 1.60. The SMILES string of the molecule is CCn1ccnc1N1CCN(C(=O)c2ccc(OC(C)C)cc2)CC1. The number of nitrogens with zero attached hydrogens (tertiary/aromatic N) is 4. The van der Waals surface area contributed by atoms with Crippen molar-refractivity contribution < 1.29 is 9.53 Å². The molecule has 1 aliphatic heterocycles. The van der Waals surface area contributed by atoms with Gasteiger partial charge in [0.25, 0.3) is 5.91 Å². The average molecular weight is 342 g/mol. The van der Waals surface area contributed by atoms with Gasteiger partial charge in [-0.3, -0.25) is 4.79 Å². The molecule has 6 heteroatoms. The first-order valence-corrected chi connectivity index (χ1v) is 8.90. The largest absolute Gasteiger partial charge is 0.491 e. The van der Waals surface area contributed by atoms with Crippen LogP contribution in [0.1, 0.15) is 31.1 Å². The Hall–Kier alpha value is -2.50. The van der Waals surface area contributed by atoms with Crippen molar-refractivity contribution >= 4 is 11.9 Å². The van der Waals surface area contributed by atoms with Crippen molar-refractivity contribution in [3.63, 3.8) is 0 Å². The Bertz CT molecular complexity index is 700. The molecule has 2 heterocycles. The molecule has 0 radical (unpaired) electrons. The van der Waals surface area contributed by atoms with Gasteiger partial charge >= 0.3 is 0 Å². The Morgan fingerprint density at radius 3 is 2.44 bits per heavy atom. The number of carbonyl (C=O) groups excluding carboxylic acids is 1. The molecule has 1 aromatic heterocycles. The number of aromatic nitrogens is 2. The number of anilines is 1. The van der Waals surface area contributed by atoms with E-state index in [1.807, 2.05) is 55.4 Å². The normalized spacial score (nSPS) is 14.9. The number of hydrogen-bond acceptors (Lipinski definition) is 4. The predicted octanol–water partition coefficient (Wildman–Crippen LogP) is 2.65. The summed E-state index contributed by atoms with van der Waals surface area (Å²) in [6.07, 6.45) is 3.95. The van der Waals surface area contributed by atoms with Crippen molar-refractivity contribution in [2.75, 3.05) is 31.1 Å². The summed E-state index contributed by atoms with van der Waals surface area (Å²) in [4.78, 5) is 21.3. The number of ether oxygens (including phenoxy) is 1. The minimum atomic E-state index is 0.0783. The van der Waals surface area contributed by atoms with Crippen LogP contribution >= 0.6 is 0 Å². The van der Waals surface area contributed by atoms with Gasteiger partial charge in [0.15, 0.2) is 0 Å². The maximum absolute atomic E-state index is 12.7. The topological polar surface area (TPSA) is 50.6 Å². The van der Waals surface area contributed by atoms with Crippen molar-refractivity contribution in [1.82, 2.24) is 14.5 Å². The second kappa shape index (κ2) is 7.59. The molecule has 134 valence electrons. The second-order valence-corrected chi connectivity index (χ2v) is 6.48. The molecule has 0 aliphatic carbocycles. The maximum Gasteiger partial charge on any atom is 0.253 e. The summed E-state index contributed by atoms with van der Waals surface area (Å²) in [5.41, 5.74) is 0.708. The van der Waals surface area contributed by atoms with Crippen molar-refractivity contribution in [2.24, 2.45) is 0 Å². The van der Waals surface area contributed by atoms with Gasteiger partial charge in [-0.05, 0) is 45.0 Å². The summed E-state index contributed by atoms with van der Waals surface area (Å²) in [6.45, 7) is 10.0. The molecule has 25 heavy (non-hydrogen) atoms. The predicted molar refractivity (Wildman–Crippen MR) is 98.2 cm³/mol. The van der Waals surface area contributed by atoms with E-state index in [2.05, 4.69) is 21.4 Å². The van der Waals surface area contributed by atoms with E-state index in [4.69, 9.17) is 4.74 Å². The van der Waals surface area contributed by atoms with Gasteiger partial charge in [0.2, 0.25) is 5.95 Å². The van der Waals surface area contributed by atoms with E-state index in [0.29, 0.717) is 18.7 Å². The number of aryl methyl sites for hydroxylation is 1. The van der Waals surface area contributed by atoms with Gasteiger partial charge in [0, 0.05) is 50.7 Å². The van der Waals surface area contributed by atoms with E-state index in [1.165, 1.54) is 0 Å². The number of carbonyl (C=O) groups is 1. The van der Waals surface area contributed by atoms with Crippen molar-refractivity contribution in [1.29, 1.82) is 0 Å². The zero-order chi connectivity index (χ0) is 17.8. The first-order chi connectivity index (χ1) is 12.1. The minimum Gasteiger partial charge on any atom is -0.491 e. The zero-order valence-electron chi connectivity index (χ0n) is 15.2. The summed E-state index contributed by atoms with van der Waals surface area (Å²) < 4.78 is 7.76. The van der Waals surface area contributed by atoms with Crippen LogP contribution in [-0.2, 0) is 6.54 Å². The molecule has 6 nitrogen and oxygen atoms in total. The van der Waals surface area contributed by atoms with E-state index in [1.54, 1.807) is 0 Å². The quantitative estimate of drug-likeness (QED) is 0.838. The lowest BCUT2D eigenvalue weighted by atomic mass is 10.1. The lowest BCUT2D eigenvalue weighted by Crippen LogP contribution is -2.49. The summed E-state index contributed by atoms with van der Waals surface area (Å²) in [7, 11) is 0. The van der Waals surface area contributed by atoms with Crippen molar-refractivity contribution in [2.45, 2.75) is 33.4 Å². The zero-order valence-corrected chi connectivity index (χ0v) is 15.2. The van der Waals surface area contributed by atoms with Crippen molar-refractivity contribution in [3.8, 4) is 5.75 Å².